The third-order valence-corrected chi connectivity index (χ3v) is 4.49. The van der Waals surface area contributed by atoms with Gasteiger partial charge in [0.1, 0.15) is 5.02 Å². The maximum Gasteiger partial charge on any atom is 0.289 e. The van der Waals surface area contributed by atoms with E-state index < -0.39 is 36.1 Å². The second-order valence-corrected chi connectivity index (χ2v) is 6.31. The van der Waals surface area contributed by atoms with Gasteiger partial charge in [-0.15, -0.1) is 0 Å². The number of rotatable bonds is 5. The maximum absolute atomic E-state index is 12.3. The lowest BCUT2D eigenvalue weighted by Gasteiger charge is -2.08. The molecular weight excluding hydrogens is 350 g/mol. The van der Waals surface area contributed by atoms with E-state index in [-0.39, 0.29) is 10.7 Å². The predicted molar refractivity (Wildman–Crippen MR) is 82.0 cm³/mol. The highest BCUT2D eigenvalue weighted by Gasteiger charge is 2.26. The Kier molecular flexibility index (Phi) is 4.48. The molecule has 0 aliphatic rings. The van der Waals surface area contributed by atoms with Gasteiger partial charge in [0, 0.05) is 12.1 Å². The zero-order valence-corrected chi connectivity index (χ0v) is 12.7. The van der Waals surface area contributed by atoms with Crippen molar-refractivity contribution in [3.05, 3.63) is 67.7 Å². The van der Waals surface area contributed by atoms with Crippen molar-refractivity contribution in [3.63, 3.8) is 0 Å². The van der Waals surface area contributed by atoms with Crippen LogP contribution in [0.15, 0.2) is 47.4 Å². The van der Waals surface area contributed by atoms with Crippen molar-refractivity contribution in [2.24, 2.45) is 0 Å². The van der Waals surface area contributed by atoms with Gasteiger partial charge in [0.25, 0.3) is 21.4 Å². The quantitative estimate of drug-likeness (QED) is 0.646. The van der Waals surface area contributed by atoms with E-state index in [2.05, 4.69) is 4.72 Å². The summed E-state index contributed by atoms with van der Waals surface area (Å²) in [5.74, 6) is 0. The van der Waals surface area contributed by atoms with E-state index in [1.165, 1.54) is 18.2 Å². The van der Waals surface area contributed by atoms with Crippen molar-refractivity contribution in [1.82, 2.24) is 0 Å². The second kappa shape index (κ2) is 6.18. The van der Waals surface area contributed by atoms with Gasteiger partial charge in [0.15, 0.2) is 4.90 Å². The minimum Gasteiger partial charge on any atom is -0.279 e. The normalized spacial score (nSPS) is 11.0. The molecule has 0 saturated carbocycles. The van der Waals surface area contributed by atoms with E-state index in [1.807, 2.05) is 0 Å². The zero-order chi connectivity index (χ0) is 17.2. The summed E-state index contributed by atoms with van der Waals surface area (Å²) in [6, 6.07) is 8.03. The second-order valence-electron chi connectivity index (χ2n) is 4.25. The number of sulfonamides is 1. The Labute approximate surface area is 134 Å². The molecule has 120 valence electrons. The number of nitrogens with zero attached hydrogens (tertiary/aromatic N) is 2. The fraction of sp³-hybridized carbons (Fsp3) is 0. The smallest absolute Gasteiger partial charge is 0.279 e. The van der Waals surface area contributed by atoms with Crippen molar-refractivity contribution in [3.8, 4) is 0 Å². The molecule has 11 heteroatoms. The molecule has 0 unspecified atom stereocenters. The molecule has 0 aliphatic carbocycles. The molecule has 0 bridgehead atoms. The van der Waals surface area contributed by atoms with Gasteiger partial charge in [-0.25, -0.2) is 8.42 Å². The summed E-state index contributed by atoms with van der Waals surface area (Å²) in [5, 5.41) is 21.6. The third-order valence-electron chi connectivity index (χ3n) is 2.75. The summed E-state index contributed by atoms with van der Waals surface area (Å²) in [6.07, 6.45) is 0. The topological polar surface area (TPSA) is 132 Å². The Morgan fingerprint density at radius 1 is 0.957 bits per heavy atom. The van der Waals surface area contributed by atoms with Gasteiger partial charge in [-0.3, -0.25) is 25.0 Å². The summed E-state index contributed by atoms with van der Waals surface area (Å²) >= 11 is 5.64. The lowest BCUT2D eigenvalue weighted by atomic mass is 10.3. The molecule has 0 fully saturated rings. The van der Waals surface area contributed by atoms with Crippen LogP contribution < -0.4 is 4.72 Å². The molecule has 0 spiro atoms. The van der Waals surface area contributed by atoms with E-state index in [0.717, 1.165) is 24.3 Å². The van der Waals surface area contributed by atoms with E-state index in [4.69, 9.17) is 11.6 Å². The average Bonchev–Trinajstić information content (AvgIpc) is 2.48. The highest BCUT2D eigenvalue weighted by atomic mass is 35.5. The SMILES string of the molecule is O=[N+]([O-])c1cc(NS(=O)(=O)c2ccccc2[N+](=O)[O-])ccc1Cl. The third kappa shape index (κ3) is 3.55. The summed E-state index contributed by atoms with van der Waals surface area (Å²) in [4.78, 5) is 19.6. The molecule has 9 nitrogen and oxygen atoms in total. The van der Waals surface area contributed by atoms with Crippen LogP contribution in [0.3, 0.4) is 0 Å². The van der Waals surface area contributed by atoms with Crippen LogP contribution in [0.2, 0.25) is 5.02 Å². The fourth-order valence-corrected chi connectivity index (χ4v) is 3.17. The van der Waals surface area contributed by atoms with Crippen LogP contribution in [0.1, 0.15) is 0 Å². The number of benzene rings is 2. The fourth-order valence-electron chi connectivity index (χ4n) is 1.76. The number of nitrogens with one attached hydrogen (secondary N) is 1. The van der Waals surface area contributed by atoms with Crippen LogP contribution in [0.25, 0.3) is 0 Å². The van der Waals surface area contributed by atoms with Crippen LogP contribution in [0.4, 0.5) is 17.1 Å². The van der Waals surface area contributed by atoms with Gasteiger partial charge in [0.2, 0.25) is 0 Å². The first-order valence-electron chi connectivity index (χ1n) is 5.92. The number of anilines is 1. The monoisotopic (exact) mass is 357 g/mol. The van der Waals surface area contributed by atoms with Crippen molar-refractivity contribution in [2.75, 3.05) is 4.72 Å². The van der Waals surface area contributed by atoms with E-state index >= 15 is 0 Å². The molecule has 0 aliphatic heterocycles. The maximum atomic E-state index is 12.3. The Bertz CT molecular complexity index is 899. The van der Waals surface area contributed by atoms with Crippen molar-refractivity contribution in [1.29, 1.82) is 0 Å². The molecule has 2 aromatic carbocycles. The van der Waals surface area contributed by atoms with E-state index in [1.54, 1.807) is 0 Å². The van der Waals surface area contributed by atoms with Crippen LogP contribution in [0, 0.1) is 20.2 Å². The first-order valence-corrected chi connectivity index (χ1v) is 7.78. The number of hydrogen-bond donors (Lipinski definition) is 1. The summed E-state index contributed by atoms with van der Waals surface area (Å²) in [6.45, 7) is 0. The van der Waals surface area contributed by atoms with Gasteiger partial charge < -0.3 is 0 Å². The number of para-hydroxylation sites is 1. The van der Waals surface area contributed by atoms with Gasteiger partial charge in [-0.05, 0) is 18.2 Å². The summed E-state index contributed by atoms with van der Waals surface area (Å²) < 4.78 is 26.6. The van der Waals surface area contributed by atoms with E-state index in [9.17, 15) is 28.6 Å². The Morgan fingerprint density at radius 2 is 1.57 bits per heavy atom. The lowest BCUT2D eigenvalue weighted by Crippen LogP contribution is -2.14. The molecule has 0 amide bonds. The largest absolute Gasteiger partial charge is 0.289 e. The molecule has 0 saturated heterocycles. The van der Waals surface area contributed by atoms with Crippen LogP contribution in [-0.4, -0.2) is 18.3 Å². The molecule has 0 heterocycles. The highest BCUT2D eigenvalue weighted by Crippen LogP contribution is 2.30. The molecular formula is C12H8ClN3O6S. The van der Waals surface area contributed by atoms with Crippen LogP contribution >= 0.6 is 11.6 Å². The van der Waals surface area contributed by atoms with Crippen LogP contribution in [0.5, 0.6) is 0 Å². The summed E-state index contributed by atoms with van der Waals surface area (Å²) in [7, 11) is -4.30. The number of nitro benzene ring substituents is 2. The summed E-state index contributed by atoms with van der Waals surface area (Å²) in [5.41, 5.74) is -1.24. The van der Waals surface area contributed by atoms with E-state index in [0.29, 0.717) is 0 Å². The van der Waals surface area contributed by atoms with Gasteiger partial charge in [-0.1, -0.05) is 23.7 Å². The Balaban J connectivity index is 2.46. The number of halogens is 1. The molecule has 0 radical (unpaired) electrons. The van der Waals surface area contributed by atoms with Crippen molar-refractivity contribution >= 4 is 38.7 Å². The zero-order valence-electron chi connectivity index (χ0n) is 11.2. The Hall–Kier alpha value is -2.72. The first kappa shape index (κ1) is 16.6. The predicted octanol–water partition coefficient (Wildman–Crippen LogP) is 2.96. The minimum atomic E-state index is -4.30. The molecule has 2 aromatic rings. The number of hydrogen-bond acceptors (Lipinski definition) is 6. The van der Waals surface area contributed by atoms with Gasteiger partial charge in [-0.2, -0.15) is 0 Å². The standard InChI is InChI=1S/C12H8ClN3O6S/c13-9-6-5-8(7-11(9)16(19)20)14-23(21,22)12-4-2-1-3-10(12)15(17)18/h1-7,14H. The molecule has 0 aromatic heterocycles. The molecule has 1 N–H and O–H groups in total. The first-order chi connectivity index (χ1) is 10.7. The molecule has 0 atom stereocenters. The molecule has 2 rings (SSSR count). The van der Waals surface area contributed by atoms with Crippen molar-refractivity contribution < 1.29 is 18.3 Å². The Morgan fingerprint density at radius 3 is 2.17 bits per heavy atom. The van der Waals surface area contributed by atoms with Gasteiger partial charge >= 0.3 is 0 Å². The number of nitro groups is 2. The highest BCUT2D eigenvalue weighted by molar-refractivity contribution is 7.92. The lowest BCUT2D eigenvalue weighted by molar-refractivity contribution is -0.387. The van der Waals surface area contributed by atoms with Crippen LogP contribution in [-0.2, 0) is 10.0 Å². The molecule has 23 heavy (non-hydrogen) atoms. The van der Waals surface area contributed by atoms with Crippen molar-refractivity contribution in [2.45, 2.75) is 4.90 Å². The average molecular weight is 358 g/mol. The minimum absolute atomic E-state index is 0.140. The van der Waals surface area contributed by atoms with Gasteiger partial charge in [0.05, 0.1) is 15.5 Å².